The molecule has 1 heterocycles. The fourth-order valence-corrected chi connectivity index (χ4v) is 3.46. The predicted molar refractivity (Wildman–Crippen MR) is 129 cm³/mol. The summed E-state index contributed by atoms with van der Waals surface area (Å²) in [5.41, 5.74) is 2.73. The van der Waals surface area contributed by atoms with Crippen molar-refractivity contribution in [3.63, 3.8) is 0 Å². The molecular formula is C19H27ClIN5OS. The minimum Gasteiger partial charge on any atom is -0.357 e. The minimum absolute atomic E-state index is 0. The summed E-state index contributed by atoms with van der Waals surface area (Å²) in [6.45, 7) is 9.74. The molecule has 0 aliphatic rings. The molecule has 6 nitrogen and oxygen atoms in total. The van der Waals surface area contributed by atoms with E-state index in [4.69, 9.17) is 11.6 Å². The topological polar surface area (TPSA) is 78.4 Å². The molecule has 0 spiro atoms. The van der Waals surface area contributed by atoms with Gasteiger partial charge in [-0.2, -0.15) is 0 Å². The predicted octanol–water partition coefficient (Wildman–Crippen LogP) is 4.42. The SMILES string of the molecule is CCNC(=NCc1nc(C)c(C)s1)NCCC(=O)Nc1ccc(C)cc1Cl.I. The molecule has 0 aliphatic heterocycles. The molecule has 0 fully saturated rings. The number of aromatic nitrogens is 1. The largest absolute Gasteiger partial charge is 0.357 e. The second-order valence-corrected chi connectivity index (χ2v) is 7.85. The van der Waals surface area contributed by atoms with Crippen LogP contribution in [0.1, 0.15) is 34.5 Å². The third-order valence-corrected chi connectivity index (χ3v) is 5.20. The van der Waals surface area contributed by atoms with Crippen LogP contribution in [-0.4, -0.2) is 29.9 Å². The highest BCUT2D eigenvalue weighted by Crippen LogP contribution is 2.22. The standard InChI is InChI=1S/C19H26ClN5OS.HI/c1-5-21-19(23-11-18-24-13(3)14(4)27-18)22-9-8-17(26)25-16-7-6-12(2)10-15(16)20;/h6-7,10H,5,8-9,11H2,1-4H3,(H,25,26)(H2,21,22,23);1H. The van der Waals surface area contributed by atoms with E-state index in [1.807, 2.05) is 39.0 Å². The molecule has 1 aromatic heterocycles. The first-order chi connectivity index (χ1) is 12.9. The van der Waals surface area contributed by atoms with E-state index in [1.54, 1.807) is 11.3 Å². The molecule has 28 heavy (non-hydrogen) atoms. The summed E-state index contributed by atoms with van der Waals surface area (Å²) in [7, 11) is 0. The summed E-state index contributed by atoms with van der Waals surface area (Å²) < 4.78 is 0. The zero-order valence-electron chi connectivity index (χ0n) is 16.6. The van der Waals surface area contributed by atoms with Gasteiger partial charge in [-0.1, -0.05) is 17.7 Å². The van der Waals surface area contributed by atoms with E-state index < -0.39 is 0 Å². The Morgan fingerprint density at radius 1 is 1.25 bits per heavy atom. The van der Waals surface area contributed by atoms with E-state index in [2.05, 4.69) is 32.9 Å². The first-order valence-electron chi connectivity index (χ1n) is 8.90. The maximum Gasteiger partial charge on any atom is 0.226 e. The van der Waals surface area contributed by atoms with Gasteiger partial charge < -0.3 is 16.0 Å². The van der Waals surface area contributed by atoms with E-state index in [9.17, 15) is 4.79 Å². The fraction of sp³-hybridized carbons (Fsp3) is 0.421. The molecular weight excluding hydrogens is 509 g/mol. The van der Waals surface area contributed by atoms with Crippen LogP contribution in [0.15, 0.2) is 23.2 Å². The summed E-state index contributed by atoms with van der Waals surface area (Å²) in [5.74, 6) is 0.569. The number of aliphatic imine (C=N–C) groups is 1. The summed E-state index contributed by atoms with van der Waals surface area (Å²) in [4.78, 5) is 22.4. The number of nitrogens with one attached hydrogen (secondary N) is 3. The number of aryl methyl sites for hydroxylation is 3. The van der Waals surface area contributed by atoms with E-state index >= 15 is 0 Å². The number of nitrogens with zero attached hydrogens (tertiary/aromatic N) is 2. The maximum absolute atomic E-state index is 12.1. The molecule has 2 rings (SSSR count). The van der Waals surface area contributed by atoms with Crippen molar-refractivity contribution in [3.8, 4) is 0 Å². The number of hydrogen-bond donors (Lipinski definition) is 3. The minimum atomic E-state index is -0.102. The van der Waals surface area contributed by atoms with Crippen molar-refractivity contribution in [2.75, 3.05) is 18.4 Å². The first kappa shape index (κ1) is 24.6. The summed E-state index contributed by atoms with van der Waals surface area (Å²) >= 11 is 7.80. The van der Waals surface area contributed by atoms with Gasteiger partial charge in [0.15, 0.2) is 5.96 Å². The Labute approximate surface area is 192 Å². The van der Waals surface area contributed by atoms with Gasteiger partial charge in [0.2, 0.25) is 5.91 Å². The molecule has 0 saturated carbocycles. The lowest BCUT2D eigenvalue weighted by Crippen LogP contribution is -2.38. The zero-order chi connectivity index (χ0) is 19.8. The average molecular weight is 536 g/mol. The highest BCUT2D eigenvalue weighted by Gasteiger charge is 2.07. The number of carbonyl (C=O) groups excluding carboxylic acids is 1. The van der Waals surface area contributed by atoms with Crippen LogP contribution >= 0.6 is 46.9 Å². The summed E-state index contributed by atoms with van der Waals surface area (Å²) in [6.07, 6.45) is 0.310. The van der Waals surface area contributed by atoms with Crippen molar-refractivity contribution >= 4 is 64.5 Å². The number of hydrogen-bond acceptors (Lipinski definition) is 4. The molecule has 154 valence electrons. The van der Waals surface area contributed by atoms with Crippen molar-refractivity contribution in [2.45, 2.75) is 40.7 Å². The Balaban J connectivity index is 0.00000392. The molecule has 1 aromatic carbocycles. The third-order valence-electron chi connectivity index (χ3n) is 3.83. The lowest BCUT2D eigenvalue weighted by molar-refractivity contribution is -0.116. The third kappa shape index (κ3) is 7.92. The molecule has 0 atom stereocenters. The lowest BCUT2D eigenvalue weighted by atomic mass is 10.2. The second-order valence-electron chi connectivity index (χ2n) is 6.15. The molecule has 9 heteroatoms. The van der Waals surface area contributed by atoms with Crippen LogP contribution in [-0.2, 0) is 11.3 Å². The van der Waals surface area contributed by atoms with Crippen molar-refractivity contribution < 1.29 is 4.79 Å². The molecule has 3 N–H and O–H groups in total. The second kappa shape index (κ2) is 12.2. The normalized spacial score (nSPS) is 11.0. The van der Waals surface area contributed by atoms with Crippen molar-refractivity contribution in [1.82, 2.24) is 15.6 Å². The van der Waals surface area contributed by atoms with Gasteiger partial charge in [0, 0.05) is 24.4 Å². The molecule has 1 amide bonds. The number of anilines is 1. The van der Waals surface area contributed by atoms with Gasteiger partial charge in [-0.15, -0.1) is 35.3 Å². The molecule has 0 saturated heterocycles. The number of carbonyl (C=O) groups is 1. The van der Waals surface area contributed by atoms with E-state index in [0.717, 1.165) is 22.8 Å². The molecule has 0 unspecified atom stereocenters. The number of halogens is 2. The Morgan fingerprint density at radius 3 is 2.61 bits per heavy atom. The van der Waals surface area contributed by atoms with Crippen LogP contribution < -0.4 is 16.0 Å². The summed E-state index contributed by atoms with van der Waals surface area (Å²) in [6, 6.07) is 5.55. The number of benzene rings is 1. The van der Waals surface area contributed by atoms with E-state index in [1.165, 1.54) is 4.88 Å². The zero-order valence-corrected chi connectivity index (χ0v) is 20.5. The van der Waals surface area contributed by atoms with Crippen molar-refractivity contribution in [3.05, 3.63) is 44.4 Å². The molecule has 0 bridgehead atoms. The fourth-order valence-electron chi connectivity index (χ4n) is 2.32. The van der Waals surface area contributed by atoms with Crippen LogP contribution in [0.5, 0.6) is 0 Å². The number of amides is 1. The van der Waals surface area contributed by atoms with Gasteiger partial charge in [0.1, 0.15) is 5.01 Å². The Kier molecular flexibility index (Phi) is 10.8. The lowest BCUT2D eigenvalue weighted by Gasteiger charge is -2.11. The number of guanidine groups is 1. The van der Waals surface area contributed by atoms with Crippen molar-refractivity contribution in [1.29, 1.82) is 0 Å². The van der Waals surface area contributed by atoms with Crippen LogP contribution in [0, 0.1) is 20.8 Å². The van der Waals surface area contributed by atoms with E-state index in [0.29, 0.717) is 36.2 Å². The Hall–Kier alpha value is -1.39. The number of rotatable bonds is 7. The van der Waals surface area contributed by atoms with Gasteiger partial charge in [-0.25, -0.2) is 9.98 Å². The van der Waals surface area contributed by atoms with Gasteiger partial charge >= 0.3 is 0 Å². The average Bonchev–Trinajstić information content (AvgIpc) is 2.93. The first-order valence-corrected chi connectivity index (χ1v) is 10.1. The quantitative estimate of drug-likeness (QED) is 0.279. The van der Waals surface area contributed by atoms with Gasteiger partial charge in [-0.3, -0.25) is 4.79 Å². The van der Waals surface area contributed by atoms with Gasteiger partial charge in [0.05, 0.1) is 22.9 Å². The molecule has 0 radical (unpaired) electrons. The van der Waals surface area contributed by atoms with Crippen molar-refractivity contribution in [2.24, 2.45) is 4.99 Å². The number of thiazole rings is 1. The van der Waals surface area contributed by atoms with Crippen LogP contribution in [0.4, 0.5) is 5.69 Å². The highest BCUT2D eigenvalue weighted by atomic mass is 127. The van der Waals surface area contributed by atoms with Gasteiger partial charge in [-0.05, 0) is 45.4 Å². The van der Waals surface area contributed by atoms with Crippen LogP contribution in [0.2, 0.25) is 5.02 Å². The van der Waals surface area contributed by atoms with Gasteiger partial charge in [0.25, 0.3) is 0 Å². The van der Waals surface area contributed by atoms with Crippen LogP contribution in [0.25, 0.3) is 0 Å². The maximum atomic E-state index is 12.1. The van der Waals surface area contributed by atoms with E-state index in [-0.39, 0.29) is 29.9 Å². The molecule has 0 aliphatic carbocycles. The van der Waals surface area contributed by atoms with Crippen LogP contribution in [0.3, 0.4) is 0 Å². The Morgan fingerprint density at radius 2 is 2.00 bits per heavy atom. The molecule has 2 aromatic rings. The Bertz CT molecular complexity index is 805. The summed E-state index contributed by atoms with van der Waals surface area (Å²) in [5, 5.41) is 10.7. The highest BCUT2D eigenvalue weighted by molar-refractivity contribution is 14.0. The smallest absolute Gasteiger partial charge is 0.226 e. The monoisotopic (exact) mass is 535 g/mol.